The molecule has 0 radical (unpaired) electrons. The van der Waals surface area contributed by atoms with Crippen LogP contribution in [0.15, 0.2) is 30.3 Å². The second-order valence-electron chi connectivity index (χ2n) is 6.96. The van der Waals surface area contributed by atoms with Gasteiger partial charge in [0.1, 0.15) is 0 Å². The third-order valence-electron chi connectivity index (χ3n) is 5.34. The molecule has 0 N–H and O–H groups in total. The first-order valence-corrected chi connectivity index (χ1v) is 8.84. The summed E-state index contributed by atoms with van der Waals surface area (Å²) in [5.74, 6) is -0.237. The molecule has 2 heterocycles. The van der Waals surface area contributed by atoms with Crippen LogP contribution >= 0.6 is 0 Å². The van der Waals surface area contributed by atoms with Gasteiger partial charge in [0.25, 0.3) is 0 Å². The Morgan fingerprint density at radius 1 is 1.21 bits per heavy atom. The van der Waals surface area contributed by atoms with E-state index in [9.17, 15) is 4.79 Å². The zero-order valence-electron chi connectivity index (χ0n) is 14.6. The monoisotopic (exact) mass is 321 g/mol. The topological polar surface area (TPSA) is 31.2 Å². The number of aromatic nitrogens is 1. The minimum absolute atomic E-state index is 0.126. The van der Waals surface area contributed by atoms with Gasteiger partial charge in [-0.2, -0.15) is 0 Å². The van der Waals surface area contributed by atoms with Crippen LogP contribution < -0.4 is 5.35 Å². The lowest BCUT2D eigenvalue weighted by Gasteiger charge is -2.28. The number of carbonyl (C=O) groups is 1. The van der Waals surface area contributed by atoms with Crippen molar-refractivity contribution in [2.45, 2.75) is 45.6 Å². The standard InChI is InChI=1S/C21H23NO2/c1-4-12-21(3)13-11-17-16-8-6-7-14-15(20(23)24-5-2)9-10-18(19(14)16)22(17)21/h6-11H,4-5,12-13H2,1-3H3. The highest BCUT2D eigenvalue weighted by Crippen LogP contribution is 2.37. The zero-order valence-corrected chi connectivity index (χ0v) is 14.6. The molecule has 1 aliphatic rings. The number of carbonyl (C=O) groups excluding carboxylic acids is 1. The predicted molar refractivity (Wildman–Crippen MR) is 98.3 cm³/mol. The molecule has 124 valence electrons. The first-order chi connectivity index (χ1) is 11.6. The number of benzene rings is 2. The van der Waals surface area contributed by atoms with Crippen LogP contribution in [-0.2, 0) is 10.3 Å². The smallest absolute Gasteiger partial charge is 0.338 e. The highest BCUT2D eigenvalue weighted by Gasteiger charge is 2.32. The Labute approximate surface area is 141 Å². The van der Waals surface area contributed by atoms with Gasteiger partial charge in [-0.1, -0.05) is 37.6 Å². The molecule has 3 aromatic rings. The predicted octanol–water partition coefficient (Wildman–Crippen LogP) is 4.39. The van der Waals surface area contributed by atoms with Crippen molar-refractivity contribution in [2.24, 2.45) is 0 Å². The first kappa shape index (κ1) is 15.3. The fraction of sp³-hybridized carbons (Fsp3) is 0.381. The molecule has 0 amide bonds. The van der Waals surface area contributed by atoms with Gasteiger partial charge < -0.3 is 9.30 Å². The van der Waals surface area contributed by atoms with E-state index < -0.39 is 0 Å². The average Bonchev–Trinajstić information content (AvgIpc) is 3.07. The second-order valence-corrected chi connectivity index (χ2v) is 6.96. The van der Waals surface area contributed by atoms with Crippen LogP contribution in [-0.4, -0.2) is 17.1 Å². The van der Waals surface area contributed by atoms with Crippen LogP contribution in [0.2, 0.25) is 0 Å². The Kier molecular flexibility index (Phi) is 3.41. The number of fused-ring (bicyclic) bond motifs is 3. The number of esters is 1. The summed E-state index contributed by atoms with van der Waals surface area (Å²) in [6.07, 6.45) is 5.75. The van der Waals surface area contributed by atoms with Crippen molar-refractivity contribution in [1.82, 2.24) is 4.57 Å². The summed E-state index contributed by atoms with van der Waals surface area (Å²) < 4.78 is 7.73. The van der Waals surface area contributed by atoms with Crippen LogP contribution in [0.25, 0.3) is 27.8 Å². The molecule has 1 unspecified atom stereocenters. The largest absolute Gasteiger partial charge is 0.462 e. The number of nitrogens with zero attached hydrogens (tertiary/aromatic N) is 1. The summed E-state index contributed by atoms with van der Waals surface area (Å²) in [4.78, 5) is 12.3. The van der Waals surface area contributed by atoms with Crippen molar-refractivity contribution in [2.75, 3.05) is 6.61 Å². The molecule has 0 saturated heterocycles. The second kappa shape index (κ2) is 5.37. The van der Waals surface area contributed by atoms with E-state index in [1.807, 2.05) is 25.1 Å². The first-order valence-electron chi connectivity index (χ1n) is 8.84. The molecule has 1 atom stereocenters. The molecule has 0 bridgehead atoms. The Morgan fingerprint density at radius 2 is 2.00 bits per heavy atom. The molecule has 0 fully saturated rings. The Morgan fingerprint density at radius 3 is 2.75 bits per heavy atom. The van der Waals surface area contributed by atoms with Crippen LogP contribution in [0.1, 0.15) is 50.4 Å². The van der Waals surface area contributed by atoms with Crippen LogP contribution in [0.4, 0.5) is 0 Å². The third kappa shape index (κ3) is 1.94. The number of ether oxygens (including phenoxy) is 1. The lowest BCUT2D eigenvalue weighted by Crippen LogP contribution is -2.31. The van der Waals surface area contributed by atoms with E-state index in [2.05, 4.69) is 36.6 Å². The molecule has 3 heteroatoms. The van der Waals surface area contributed by atoms with Gasteiger partial charge in [0.15, 0.2) is 0 Å². The lowest BCUT2D eigenvalue weighted by molar-refractivity contribution is 0.0529. The lowest BCUT2D eigenvalue weighted by atomic mass is 9.93. The quantitative estimate of drug-likeness (QED) is 0.667. The summed E-state index contributed by atoms with van der Waals surface area (Å²) in [7, 11) is 0. The maximum Gasteiger partial charge on any atom is 0.338 e. The van der Waals surface area contributed by atoms with Crippen LogP contribution in [0.3, 0.4) is 0 Å². The highest BCUT2D eigenvalue weighted by atomic mass is 16.5. The van der Waals surface area contributed by atoms with Gasteiger partial charge in [-0.3, -0.25) is 0 Å². The van der Waals surface area contributed by atoms with Crippen molar-refractivity contribution < 1.29 is 9.53 Å². The number of rotatable bonds is 4. The van der Waals surface area contributed by atoms with Gasteiger partial charge in [0.05, 0.1) is 17.7 Å². The maximum absolute atomic E-state index is 12.3. The van der Waals surface area contributed by atoms with E-state index >= 15 is 0 Å². The summed E-state index contributed by atoms with van der Waals surface area (Å²) in [6, 6.07) is 10.3. The summed E-state index contributed by atoms with van der Waals surface area (Å²) in [6.45, 7) is 6.82. The molecule has 0 spiro atoms. The van der Waals surface area contributed by atoms with Crippen molar-refractivity contribution in [1.29, 1.82) is 0 Å². The Bertz CT molecular complexity index is 998. The minimum Gasteiger partial charge on any atom is -0.462 e. The van der Waals surface area contributed by atoms with Gasteiger partial charge in [-0.15, -0.1) is 0 Å². The summed E-state index contributed by atoms with van der Waals surface area (Å²) >= 11 is 0. The van der Waals surface area contributed by atoms with Crippen molar-refractivity contribution >= 4 is 33.7 Å². The van der Waals surface area contributed by atoms with Crippen molar-refractivity contribution in [3.05, 3.63) is 41.2 Å². The summed E-state index contributed by atoms with van der Waals surface area (Å²) in [5.41, 5.74) is 2.02. The fourth-order valence-corrected chi connectivity index (χ4v) is 4.37. The Hall–Kier alpha value is -2.29. The SMILES string of the molecule is CCCC1(C)CC=c2c3cccc4c(C(=O)OCC)ccc(c43)n21. The molecule has 4 rings (SSSR count). The zero-order chi connectivity index (χ0) is 16.9. The third-order valence-corrected chi connectivity index (χ3v) is 5.34. The molecule has 3 nitrogen and oxygen atoms in total. The molecule has 1 aromatic heterocycles. The number of hydrogen-bond donors (Lipinski definition) is 0. The van der Waals surface area contributed by atoms with E-state index in [1.165, 1.54) is 21.6 Å². The van der Waals surface area contributed by atoms with Gasteiger partial charge in [-0.25, -0.2) is 4.79 Å². The van der Waals surface area contributed by atoms with Gasteiger partial charge in [0.2, 0.25) is 0 Å². The van der Waals surface area contributed by atoms with Gasteiger partial charge >= 0.3 is 5.97 Å². The molecule has 2 aromatic carbocycles. The number of hydrogen-bond acceptors (Lipinski definition) is 2. The molecule has 0 aliphatic carbocycles. The maximum atomic E-state index is 12.3. The van der Waals surface area contributed by atoms with Gasteiger partial charge in [-0.05, 0) is 44.2 Å². The molecule has 0 saturated carbocycles. The van der Waals surface area contributed by atoms with Crippen LogP contribution in [0, 0.1) is 0 Å². The van der Waals surface area contributed by atoms with Gasteiger partial charge in [0, 0.05) is 21.7 Å². The van der Waals surface area contributed by atoms with E-state index in [4.69, 9.17) is 4.74 Å². The van der Waals surface area contributed by atoms with E-state index in [0.29, 0.717) is 12.2 Å². The molecular weight excluding hydrogens is 298 g/mol. The van der Waals surface area contributed by atoms with Crippen LogP contribution in [0.5, 0.6) is 0 Å². The molecule has 24 heavy (non-hydrogen) atoms. The molecule has 1 aliphatic heterocycles. The van der Waals surface area contributed by atoms with Crippen molar-refractivity contribution in [3.63, 3.8) is 0 Å². The highest BCUT2D eigenvalue weighted by molar-refractivity contribution is 6.17. The normalized spacial score (nSPS) is 19.6. The van der Waals surface area contributed by atoms with E-state index in [1.54, 1.807) is 0 Å². The summed E-state index contributed by atoms with van der Waals surface area (Å²) in [5, 5.41) is 4.73. The van der Waals surface area contributed by atoms with E-state index in [0.717, 1.165) is 24.6 Å². The van der Waals surface area contributed by atoms with Crippen molar-refractivity contribution in [3.8, 4) is 0 Å². The minimum atomic E-state index is -0.237. The fourth-order valence-electron chi connectivity index (χ4n) is 4.37. The Balaban J connectivity index is 2.06. The molecular formula is C21H23NO2. The van der Waals surface area contributed by atoms with E-state index in [-0.39, 0.29) is 11.5 Å². The average molecular weight is 321 g/mol.